The van der Waals surface area contributed by atoms with Crippen molar-refractivity contribution in [3.8, 4) is 17.6 Å². The minimum atomic E-state index is -3.63. The van der Waals surface area contributed by atoms with Crippen LogP contribution in [0.25, 0.3) is 0 Å². The summed E-state index contributed by atoms with van der Waals surface area (Å²) in [6, 6.07) is 6.70. The Hall–Kier alpha value is -1.91. The van der Waals surface area contributed by atoms with E-state index in [9.17, 15) is 13.9 Å². The van der Waals surface area contributed by atoms with Crippen LogP contribution >= 0.6 is 0 Å². The first-order chi connectivity index (χ1) is 9.91. The van der Waals surface area contributed by atoms with Gasteiger partial charge in [0.05, 0.1) is 18.1 Å². The number of fused-ring (bicyclic) bond motifs is 1. The summed E-state index contributed by atoms with van der Waals surface area (Å²) in [5.41, 5.74) is -0.445. The summed E-state index contributed by atoms with van der Waals surface area (Å²) in [6.45, 7) is 1.29. The Balaban J connectivity index is 1.74. The van der Waals surface area contributed by atoms with Crippen molar-refractivity contribution >= 4 is 0 Å². The van der Waals surface area contributed by atoms with Crippen LogP contribution in [0.1, 0.15) is 18.4 Å². The van der Waals surface area contributed by atoms with Gasteiger partial charge in [-0.2, -0.15) is 5.26 Å². The van der Waals surface area contributed by atoms with Crippen LogP contribution < -0.4 is 9.47 Å². The minimum Gasteiger partial charge on any atom is -0.395 e. The number of para-hydroxylation sites is 1. The highest BCUT2D eigenvalue weighted by atomic mass is 19.3. The Morgan fingerprint density at radius 2 is 2.19 bits per heavy atom. The maximum atomic E-state index is 13.1. The molecule has 0 spiro atoms. The van der Waals surface area contributed by atoms with Crippen molar-refractivity contribution in [3.63, 3.8) is 0 Å². The van der Waals surface area contributed by atoms with E-state index in [1.807, 2.05) is 11.0 Å². The first-order valence-corrected chi connectivity index (χ1v) is 6.60. The summed E-state index contributed by atoms with van der Waals surface area (Å²) in [5.74, 6) is 0.0576. The molecule has 1 atom stereocenters. The second-order valence-corrected chi connectivity index (χ2v) is 5.43. The molecule has 1 aromatic carbocycles. The van der Waals surface area contributed by atoms with Crippen LogP contribution in [0.5, 0.6) is 11.5 Å². The molecule has 2 aliphatic heterocycles. The molecule has 5 nitrogen and oxygen atoms in total. The first kappa shape index (κ1) is 14.0. The van der Waals surface area contributed by atoms with Crippen molar-refractivity contribution in [2.24, 2.45) is 0 Å². The number of hydrogen-bond donors (Lipinski definition) is 1. The van der Waals surface area contributed by atoms with E-state index in [4.69, 9.17) is 5.26 Å². The van der Waals surface area contributed by atoms with E-state index in [0.717, 1.165) is 0 Å². The lowest BCUT2D eigenvalue weighted by Crippen LogP contribution is -2.32. The highest BCUT2D eigenvalue weighted by Crippen LogP contribution is 2.43. The van der Waals surface area contributed by atoms with Gasteiger partial charge in [0.15, 0.2) is 11.5 Å². The molecule has 0 bridgehead atoms. The molecular weight excluding hydrogens is 282 g/mol. The molecule has 1 unspecified atom stereocenters. The molecule has 0 amide bonds. The molecule has 7 heteroatoms. The van der Waals surface area contributed by atoms with E-state index in [1.54, 1.807) is 12.1 Å². The molecule has 0 aromatic heterocycles. The molecule has 21 heavy (non-hydrogen) atoms. The third kappa shape index (κ3) is 2.77. The number of nitrogens with zero attached hydrogens (tertiary/aromatic N) is 2. The molecule has 2 heterocycles. The lowest BCUT2D eigenvalue weighted by molar-refractivity contribution is -0.287. The van der Waals surface area contributed by atoms with E-state index < -0.39 is 11.9 Å². The highest BCUT2D eigenvalue weighted by molar-refractivity contribution is 5.48. The van der Waals surface area contributed by atoms with Gasteiger partial charge in [-0.05, 0) is 12.5 Å². The van der Waals surface area contributed by atoms with E-state index in [1.165, 1.54) is 6.07 Å². The van der Waals surface area contributed by atoms with Crippen LogP contribution in [0, 0.1) is 11.3 Å². The van der Waals surface area contributed by atoms with Crippen molar-refractivity contribution in [2.45, 2.75) is 31.3 Å². The van der Waals surface area contributed by atoms with Gasteiger partial charge in [-0.25, -0.2) is 0 Å². The Morgan fingerprint density at radius 3 is 2.95 bits per heavy atom. The minimum absolute atomic E-state index is 0.0176. The second kappa shape index (κ2) is 4.83. The number of alkyl halides is 2. The number of halogens is 2. The largest absolute Gasteiger partial charge is 0.586 e. The molecule has 1 aromatic rings. The van der Waals surface area contributed by atoms with E-state index in [0.29, 0.717) is 31.6 Å². The number of rotatable bonds is 3. The average Bonchev–Trinajstić information content (AvgIpc) is 2.90. The van der Waals surface area contributed by atoms with Crippen molar-refractivity contribution in [3.05, 3.63) is 23.8 Å². The number of benzene rings is 1. The van der Waals surface area contributed by atoms with Gasteiger partial charge in [0.2, 0.25) is 0 Å². The summed E-state index contributed by atoms with van der Waals surface area (Å²) >= 11 is 0. The highest BCUT2D eigenvalue weighted by Gasteiger charge is 2.45. The molecule has 3 rings (SSSR count). The first-order valence-electron chi connectivity index (χ1n) is 6.60. The van der Waals surface area contributed by atoms with E-state index in [-0.39, 0.29) is 17.9 Å². The van der Waals surface area contributed by atoms with Crippen LogP contribution in [-0.4, -0.2) is 35.0 Å². The molecule has 2 aliphatic rings. The Kier molecular flexibility index (Phi) is 3.23. The van der Waals surface area contributed by atoms with Crippen LogP contribution in [0.3, 0.4) is 0 Å². The summed E-state index contributed by atoms with van der Waals surface area (Å²) in [5, 5.41) is 18.9. The fourth-order valence-corrected chi connectivity index (χ4v) is 2.76. The third-order valence-corrected chi connectivity index (χ3v) is 3.72. The fourth-order valence-electron chi connectivity index (χ4n) is 2.76. The Bertz CT molecular complexity index is 602. The fraction of sp³-hybridized carbons (Fsp3) is 0.500. The predicted octanol–water partition coefficient (Wildman–Crippen LogP) is 1.86. The number of ether oxygens (including phenoxy) is 2. The zero-order chi connectivity index (χ0) is 15.1. The predicted molar refractivity (Wildman–Crippen MR) is 67.7 cm³/mol. The quantitative estimate of drug-likeness (QED) is 0.922. The van der Waals surface area contributed by atoms with Gasteiger partial charge in [-0.15, -0.1) is 8.78 Å². The van der Waals surface area contributed by atoms with E-state index >= 15 is 0 Å². The molecule has 1 fully saturated rings. The molecule has 1 N–H and O–H groups in total. The monoisotopic (exact) mass is 296 g/mol. The summed E-state index contributed by atoms with van der Waals surface area (Å²) in [4.78, 5) is 1.91. The van der Waals surface area contributed by atoms with Gasteiger partial charge < -0.3 is 14.6 Å². The van der Waals surface area contributed by atoms with Crippen molar-refractivity contribution < 1.29 is 23.4 Å². The zero-order valence-corrected chi connectivity index (χ0v) is 11.2. The van der Waals surface area contributed by atoms with Crippen molar-refractivity contribution in [1.82, 2.24) is 4.90 Å². The number of β-amino-alcohol motifs (C(OH)–C–C–N with tert-alkyl or cyclic N) is 1. The second-order valence-electron chi connectivity index (χ2n) is 5.43. The smallest absolute Gasteiger partial charge is 0.395 e. The Morgan fingerprint density at radius 1 is 1.38 bits per heavy atom. The topological polar surface area (TPSA) is 65.7 Å². The SMILES string of the molecule is N#CCC1(O)CCN(Cc2cccc3c2OC(F)(F)O3)C1. The standard InChI is InChI=1S/C14H14F2N2O3/c15-14(16)20-11-3-1-2-10(12(11)21-14)8-18-7-5-13(19,9-18)4-6-17/h1-3,19H,4-5,7-9H2. The normalized spacial score (nSPS) is 26.8. The number of aliphatic hydroxyl groups is 1. The average molecular weight is 296 g/mol. The van der Waals surface area contributed by atoms with Gasteiger partial charge >= 0.3 is 6.29 Å². The summed E-state index contributed by atoms with van der Waals surface area (Å²) in [7, 11) is 0. The molecule has 1 saturated heterocycles. The van der Waals surface area contributed by atoms with Crippen LogP contribution in [0.15, 0.2) is 18.2 Å². The van der Waals surface area contributed by atoms with Gasteiger partial charge in [0.1, 0.15) is 0 Å². The molecule has 0 saturated carbocycles. The molecular formula is C14H14F2N2O3. The van der Waals surface area contributed by atoms with E-state index in [2.05, 4.69) is 9.47 Å². The van der Waals surface area contributed by atoms with Crippen LogP contribution in [-0.2, 0) is 6.54 Å². The number of hydrogen-bond acceptors (Lipinski definition) is 5. The van der Waals surface area contributed by atoms with Crippen LogP contribution in [0.2, 0.25) is 0 Å². The van der Waals surface area contributed by atoms with Crippen LogP contribution in [0.4, 0.5) is 8.78 Å². The molecule has 112 valence electrons. The number of likely N-dealkylation sites (tertiary alicyclic amines) is 1. The summed E-state index contributed by atoms with van der Waals surface area (Å²) < 4.78 is 35.2. The van der Waals surface area contributed by atoms with Gasteiger partial charge in [-0.1, -0.05) is 12.1 Å². The van der Waals surface area contributed by atoms with Gasteiger partial charge in [-0.3, -0.25) is 4.90 Å². The lowest BCUT2D eigenvalue weighted by atomic mass is 10.0. The Labute approximate surface area is 120 Å². The van der Waals surface area contributed by atoms with Crippen molar-refractivity contribution in [2.75, 3.05) is 13.1 Å². The van der Waals surface area contributed by atoms with Gasteiger partial charge in [0, 0.05) is 25.2 Å². The lowest BCUT2D eigenvalue weighted by Gasteiger charge is -2.21. The van der Waals surface area contributed by atoms with Gasteiger partial charge in [0.25, 0.3) is 0 Å². The molecule has 0 radical (unpaired) electrons. The number of nitriles is 1. The maximum Gasteiger partial charge on any atom is 0.586 e. The van der Waals surface area contributed by atoms with Crippen molar-refractivity contribution in [1.29, 1.82) is 5.26 Å². The third-order valence-electron chi connectivity index (χ3n) is 3.72. The zero-order valence-electron chi connectivity index (χ0n) is 11.2. The maximum absolute atomic E-state index is 13.1. The summed E-state index contributed by atoms with van der Waals surface area (Å²) in [6.07, 6.45) is -3.08. The molecule has 0 aliphatic carbocycles.